The van der Waals surface area contributed by atoms with Crippen molar-refractivity contribution in [3.63, 3.8) is 0 Å². The first-order valence-corrected chi connectivity index (χ1v) is 8.54. The number of benzene rings is 4. The summed E-state index contributed by atoms with van der Waals surface area (Å²) in [5.74, 6) is 0. The molecule has 0 bridgehead atoms. The molecule has 0 unspecified atom stereocenters. The van der Waals surface area contributed by atoms with Crippen LogP contribution in [-0.2, 0) is 12.6 Å². The van der Waals surface area contributed by atoms with Gasteiger partial charge in [-0.15, -0.1) is 0 Å². The Morgan fingerprint density at radius 2 is 1.04 bits per heavy atom. The quantitative estimate of drug-likeness (QED) is 0.298. The Morgan fingerprint density at radius 3 is 1.48 bits per heavy atom. The van der Waals surface area contributed by atoms with E-state index < -0.39 is 0 Å². The van der Waals surface area contributed by atoms with Gasteiger partial charge in [0, 0.05) is 10.8 Å². The second kappa shape index (κ2) is 8.23. The Hall–Kier alpha value is -0.854. The molecule has 0 saturated heterocycles. The average Bonchev–Trinajstić information content (AvgIpc) is 2.62. The van der Waals surface area contributed by atoms with Gasteiger partial charge in [0.05, 0.1) is 11.4 Å². The van der Waals surface area contributed by atoms with Crippen molar-refractivity contribution in [2.24, 2.45) is 0 Å². The van der Waals surface area contributed by atoms with Crippen LogP contribution < -0.4 is 56.3 Å². The summed E-state index contributed by atoms with van der Waals surface area (Å²) in [6, 6.07) is 29.0. The van der Waals surface area contributed by atoms with Gasteiger partial charge in [0.25, 0.3) is 0 Å². The molecule has 4 aromatic rings. The monoisotopic (exact) mass is 383 g/mol. The maximum Gasteiger partial charge on any atom is 1.00 e. The predicted molar refractivity (Wildman–Crippen MR) is 110 cm³/mol. The van der Waals surface area contributed by atoms with Crippen molar-refractivity contribution >= 4 is 62.1 Å². The van der Waals surface area contributed by atoms with Crippen LogP contribution in [0, 0.1) is 0 Å². The smallest absolute Gasteiger partial charge is 0.411 e. The van der Waals surface area contributed by atoms with Gasteiger partial charge in [-0.25, -0.2) is 0 Å². The second-order valence-corrected chi connectivity index (χ2v) is 6.63. The van der Waals surface area contributed by atoms with Crippen LogP contribution in [0.4, 0.5) is 11.4 Å². The van der Waals surface area contributed by atoms with E-state index in [1.165, 1.54) is 10.8 Å². The molecule has 0 aliphatic rings. The third-order valence-electron chi connectivity index (χ3n) is 4.20. The maximum atomic E-state index is 5.45. The van der Waals surface area contributed by atoms with E-state index in [0.717, 1.165) is 22.1 Å². The van der Waals surface area contributed by atoms with Gasteiger partial charge in [0.1, 0.15) is 0 Å². The van der Waals surface area contributed by atoms with Crippen molar-refractivity contribution in [3.05, 3.63) is 84.9 Å². The van der Waals surface area contributed by atoms with Crippen LogP contribution in [-0.4, -0.2) is 4.32 Å². The third kappa shape index (κ3) is 3.66. The largest absolute Gasteiger partial charge is 1.00 e. The molecule has 0 N–H and O–H groups in total. The minimum absolute atomic E-state index is 0. The van der Waals surface area contributed by atoms with Crippen molar-refractivity contribution in [1.82, 2.24) is 0 Å². The Morgan fingerprint density at radius 1 is 0.640 bits per heavy atom. The zero-order valence-corrected chi connectivity index (χ0v) is 18.6. The standard InChI is InChI=1S/C21H15NS2.K/c23-21(24)22(19-13-5-9-15-7-1-3-11-17(15)19)20-14-6-10-16-8-2-4-12-18(16)20;/h1-14H,(H,23,24);/q;+1/p-1. The number of rotatable bonds is 2. The van der Waals surface area contributed by atoms with Gasteiger partial charge in [-0.05, 0) is 22.9 Å². The molecule has 4 heteroatoms. The van der Waals surface area contributed by atoms with Crippen LogP contribution in [0.3, 0.4) is 0 Å². The minimum atomic E-state index is 0. The summed E-state index contributed by atoms with van der Waals surface area (Å²) < 4.78 is 0.419. The summed E-state index contributed by atoms with van der Waals surface area (Å²) in [4.78, 5) is 2.00. The summed E-state index contributed by atoms with van der Waals surface area (Å²) >= 11 is 10.9. The molecule has 4 aromatic carbocycles. The van der Waals surface area contributed by atoms with Gasteiger partial charge < -0.3 is 29.7 Å². The first kappa shape index (κ1) is 18.9. The van der Waals surface area contributed by atoms with Gasteiger partial charge in [-0.1, -0.05) is 77.1 Å². The molecule has 0 heterocycles. The second-order valence-electron chi connectivity index (χ2n) is 5.60. The summed E-state index contributed by atoms with van der Waals surface area (Å²) in [6.07, 6.45) is 0. The number of fused-ring (bicyclic) bond motifs is 2. The molecule has 1 nitrogen and oxygen atoms in total. The van der Waals surface area contributed by atoms with E-state index in [2.05, 4.69) is 48.5 Å². The van der Waals surface area contributed by atoms with Crippen molar-refractivity contribution in [2.75, 3.05) is 4.90 Å². The zero-order valence-electron chi connectivity index (χ0n) is 13.8. The SMILES string of the molecule is S=C([S-])N(c1cccc2ccccc12)c1cccc2ccccc12.[K+]. The minimum Gasteiger partial charge on any atom is -0.411 e. The zero-order chi connectivity index (χ0) is 16.5. The number of hydrogen-bond acceptors (Lipinski definition) is 2. The van der Waals surface area contributed by atoms with E-state index in [1.807, 2.05) is 41.3 Å². The van der Waals surface area contributed by atoms with Gasteiger partial charge in [0.15, 0.2) is 0 Å². The average molecular weight is 384 g/mol. The third-order valence-corrected chi connectivity index (χ3v) is 4.56. The van der Waals surface area contributed by atoms with Gasteiger partial charge in [-0.3, -0.25) is 0 Å². The normalized spacial score (nSPS) is 10.4. The molecule has 0 aliphatic carbocycles. The van der Waals surface area contributed by atoms with Crippen LogP contribution in [0.1, 0.15) is 0 Å². The first-order valence-electron chi connectivity index (χ1n) is 7.72. The van der Waals surface area contributed by atoms with Crippen LogP contribution in [0.25, 0.3) is 21.5 Å². The molecule has 0 fully saturated rings. The molecular formula is C21H14KNS2. The molecule has 116 valence electrons. The van der Waals surface area contributed by atoms with E-state index >= 15 is 0 Å². The molecule has 0 aromatic heterocycles. The molecular weight excluding hydrogens is 369 g/mol. The summed E-state index contributed by atoms with van der Waals surface area (Å²) in [5, 5.41) is 4.62. The fraction of sp³-hybridized carbons (Fsp3) is 0. The number of nitrogens with zero attached hydrogens (tertiary/aromatic N) is 1. The number of thiocarbonyl (C=S) groups is 1. The molecule has 0 saturated carbocycles. The van der Waals surface area contributed by atoms with E-state index in [9.17, 15) is 0 Å². The van der Waals surface area contributed by atoms with Crippen molar-refractivity contribution < 1.29 is 51.4 Å². The maximum absolute atomic E-state index is 5.45. The molecule has 4 rings (SSSR count). The van der Waals surface area contributed by atoms with Gasteiger partial charge in [0.2, 0.25) is 0 Å². The Balaban J connectivity index is 0.00000182. The summed E-state index contributed by atoms with van der Waals surface area (Å²) in [7, 11) is 0. The molecule has 25 heavy (non-hydrogen) atoms. The van der Waals surface area contributed by atoms with E-state index in [0.29, 0.717) is 4.32 Å². The van der Waals surface area contributed by atoms with E-state index in [-0.39, 0.29) is 51.4 Å². The Kier molecular flexibility index (Phi) is 6.23. The Bertz CT molecular complexity index is 972. The van der Waals surface area contributed by atoms with E-state index in [1.54, 1.807) is 0 Å². The molecule has 0 radical (unpaired) electrons. The fourth-order valence-corrected chi connectivity index (χ4v) is 3.53. The van der Waals surface area contributed by atoms with Crippen LogP contribution in [0.5, 0.6) is 0 Å². The van der Waals surface area contributed by atoms with Crippen LogP contribution in [0.15, 0.2) is 84.9 Å². The summed E-state index contributed by atoms with van der Waals surface area (Å²) in [6.45, 7) is 0. The van der Waals surface area contributed by atoms with Crippen molar-refractivity contribution in [3.8, 4) is 0 Å². The predicted octanol–water partition coefficient (Wildman–Crippen LogP) is 2.97. The Labute approximate surface area is 200 Å². The number of anilines is 2. The van der Waals surface area contributed by atoms with Crippen molar-refractivity contribution in [2.45, 2.75) is 0 Å². The summed E-state index contributed by atoms with van der Waals surface area (Å²) in [5.41, 5.74) is 2.04. The van der Waals surface area contributed by atoms with Crippen LogP contribution >= 0.6 is 12.2 Å². The fourth-order valence-electron chi connectivity index (χ4n) is 3.13. The van der Waals surface area contributed by atoms with Gasteiger partial charge in [-0.2, -0.15) is 0 Å². The molecule has 0 amide bonds. The van der Waals surface area contributed by atoms with Gasteiger partial charge >= 0.3 is 51.4 Å². The topological polar surface area (TPSA) is 3.24 Å². The van der Waals surface area contributed by atoms with E-state index in [4.69, 9.17) is 24.8 Å². The number of hydrogen-bond donors (Lipinski definition) is 0. The first-order chi connectivity index (χ1) is 11.8. The molecule has 0 aliphatic heterocycles. The molecule has 0 atom stereocenters. The molecule has 0 spiro atoms. The van der Waals surface area contributed by atoms with Crippen LogP contribution in [0.2, 0.25) is 0 Å². The van der Waals surface area contributed by atoms with Crippen molar-refractivity contribution in [1.29, 1.82) is 0 Å².